The molecule has 1 atom stereocenters. The Bertz CT molecular complexity index is 652. The van der Waals surface area contributed by atoms with Crippen LogP contribution < -0.4 is 0 Å². The Morgan fingerprint density at radius 1 is 1.35 bits per heavy atom. The van der Waals surface area contributed by atoms with Gasteiger partial charge in [0.05, 0.1) is 17.8 Å². The second-order valence-corrected chi connectivity index (χ2v) is 7.44. The molecule has 6 nitrogen and oxygen atoms in total. The summed E-state index contributed by atoms with van der Waals surface area (Å²) in [6.07, 6.45) is 3.70. The van der Waals surface area contributed by atoms with Crippen molar-refractivity contribution in [2.45, 2.75) is 16.7 Å². The Morgan fingerprint density at radius 3 is 3.00 bits per heavy atom. The maximum Gasteiger partial charge on any atom is 0.181 e. The Hall–Kier alpha value is -1.15. The molecule has 2 aromatic rings. The predicted octanol–water partition coefficient (Wildman–Crippen LogP) is 0.632. The average Bonchev–Trinajstić information content (AvgIpc) is 2.85. The minimum Gasteiger partial charge on any atom is -0.341 e. The maximum absolute atomic E-state index is 11.4. The topological polar surface area (TPSA) is 88.6 Å². The molecule has 0 aliphatic carbocycles. The highest BCUT2D eigenvalue weighted by molar-refractivity contribution is 8.02. The zero-order valence-corrected chi connectivity index (χ0v) is 10.5. The number of aromatic nitrogens is 4. The van der Waals surface area contributed by atoms with Crippen LogP contribution in [-0.2, 0) is 9.84 Å². The van der Waals surface area contributed by atoms with Crippen molar-refractivity contribution in [3.8, 4) is 0 Å². The minimum absolute atomic E-state index is 0.0846. The smallest absolute Gasteiger partial charge is 0.181 e. The number of fused-ring (bicyclic) bond motifs is 1. The molecule has 0 spiro atoms. The number of aromatic amines is 1. The Morgan fingerprint density at radius 2 is 2.24 bits per heavy atom. The fourth-order valence-electron chi connectivity index (χ4n) is 1.84. The average molecular weight is 270 g/mol. The standard InChI is InChI=1S/C9H10N4O2S2/c14-17(15)2-1-6(3-17)16-9-7-8(11-4-10-7)12-5-13-9/h4-6H,1-3H2,(H,10,11,12,13)/t6-/m1/s1. The van der Waals surface area contributed by atoms with Crippen LogP contribution in [0.25, 0.3) is 11.2 Å². The Balaban J connectivity index is 1.88. The van der Waals surface area contributed by atoms with Crippen molar-refractivity contribution in [3.63, 3.8) is 0 Å². The minimum atomic E-state index is -2.85. The van der Waals surface area contributed by atoms with Gasteiger partial charge in [-0.3, -0.25) is 0 Å². The van der Waals surface area contributed by atoms with Crippen LogP contribution in [0, 0.1) is 0 Å². The van der Waals surface area contributed by atoms with Gasteiger partial charge >= 0.3 is 0 Å². The third kappa shape index (κ3) is 2.14. The van der Waals surface area contributed by atoms with Gasteiger partial charge in [0.1, 0.15) is 16.9 Å². The molecule has 0 bridgehead atoms. The molecule has 1 N–H and O–H groups in total. The fourth-order valence-corrected chi connectivity index (χ4v) is 5.36. The van der Waals surface area contributed by atoms with Gasteiger partial charge in [-0.1, -0.05) is 11.8 Å². The third-order valence-corrected chi connectivity index (χ3v) is 5.90. The molecule has 3 rings (SSSR count). The van der Waals surface area contributed by atoms with Crippen molar-refractivity contribution < 1.29 is 8.42 Å². The van der Waals surface area contributed by atoms with E-state index in [9.17, 15) is 8.42 Å². The molecule has 3 heterocycles. The summed E-state index contributed by atoms with van der Waals surface area (Å²) in [4.78, 5) is 15.2. The number of H-pyrrole nitrogens is 1. The molecular weight excluding hydrogens is 260 g/mol. The van der Waals surface area contributed by atoms with Gasteiger partial charge in [0.25, 0.3) is 0 Å². The van der Waals surface area contributed by atoms with Crippen LogP contribution in [0.2, 0.25) is 0 Å². The van der Waals surface area contributed by atoms with Crippen molar-refractivity contribution >= 4 is 32.8 Å². The van der Waals surface area contributed by atoms with Crippen LogP contribution in [0.3, 0.4) is 0 Å². The van der Waals surface area contributed by atoms with Crippen LogP contribution in [0.15, 0.2) is 17.7 Å². The molecule has 1 saturated heterocycles. The molecule has 1 aliphatic rings. The van der Waals surface area contributed by atoms with E-state index in [1.807, 2.05) is 0 Å². The van der Waals surface area contributed by atoms with Gasteiger partial charge in [-0.05, 0) is 6.42 Å². The van der Waals surface area contributed by atoms with Gasteiger partial charge in [-0.2, -0.15) is 0 Å². The number of thioether (sulfide) groups is 1. The normalized spacial score (nSPS) is 23.2. The zero-order chi connectivity index (χ0) is 11.9. The summed E-state index contributed by atoms with van der Waals surface area (Å²) in [6, 6.07) is 0. The lowest BCUT2D eigenvalue weighted by Crippen LogP contribution is -2.06. The van der Waals surface area contributed by atoms with Crippen molar-refractivity contribution in [2.24, 2.45) is 0 Å². The van der Waals surface area contributed by atoms with Gasteiger partial charge in [0.15, 0.2) is 15.5 Å². The van der Waals surface area contributed by atoms with Crippen LogP contribution >= 0.6 is 11.8 Å². The summed E-state index contributed by atoms with van der Waals surface area (Å²) in [7, 11) is -2.85. The largest absolute Gasteiger partial charge is 0.341 e. The number of imidazole rings is 1. The predicted molar refractivity (Wildman–Crippen MR) is 64.6 cm³/mol. The Labute approximate surface area is 102 Å². The number of hydrogen-bond donors (Lipinski definition) is 1. The third-order valence-electron chi connectivity index (χ3n) is 2.66. The summed E-state index contributed by atoms with van der Waals surface area (Å²) < 4.78 is 22.8. The maximum atomic E-state index is 11.4. The van der Waals surface area contributed by atoms with Crippen molar-refractivity contribution in [1.82, 2.24) is 19.9 Å². The molecule has 8 heteroatoms. The molecule has 0 radical (unpaired) electrons. The molecule has 90 valence electrons. The molecule has 2 aromatic heterocycles. The molecule has 0 saturated carbocycles. The monoisotopic (exact) mass is 270 g/mol. The highest BCUT2D eigenvalue weighted by Gasteiger charge is 2.29. The second-order valence-electron chi connectivity index (χ2n) is 3.92. The highest BCUT2D eigenvalue weighted by Crippen LogP contribution is 2.32. The fraction of sp³-hybridized carbons (Fsp3) is 0.444. The first kappa shape index (κ1) is 11.0. The summed E-state index contributed by atoms with van der Waals surface area (Å²) in [6.45, 7) is 0. The summed E-state index contributed by atoms with van der Waals surface area (Å²) >= 11 is 1.49. The first-order valence-electron chi connectivity index (χ1n) is 5.15. The van der Waals surface area contributed by atoms with E-state index < -0.39 is 9.84 Å². The van der Waals surface area contributed by atoms with Gasteiger partial charge in [-0.15, -0.1) is 0 Å². The lowest BCUT2D eigenvalue weighted by molar-refractivity contribution is 0.602. The summed E-state index contributed by atoms with van der Waals surface area (Å²) in [5.41, 5.74) is 1.39. The number of nitrogens with one attached hydrogen (secondary N) is 1. The lowest BCUT2D eigenvalue weighted by Gasteiger charge is -2.06. The number of hydrogen-bond acceptors (Lipinski definition) is 6. The van der Waals surface area contributed by atoms with Crippen LogP contribution in [0.4, 0.5) is 0 Å². The van der Waals surface area contributed by atoms with E-state index in [2.05, 4.69) is 19.9 Å². The SMILES string of the molecule is O=S1(=O)CC[C@@H](Sc2ncnc3nc[nH]c23)C1. The molecule has 0 unspecified atom stereocenters. The number of sulfone groups is 1. The molecule has 17 heavy (non-hydrogen) atoms. The first-order valence-corrected chi connectivity index (χ1v) is 7.85. The summed E-state index contributed by atoms with van der Waals surface area (Å²) in [5, 5.41) is 0.857. The van der Waals surface area contributed by atoms with Gasteiger partial charge in [0, 0.05) is 5.25 Å². The van der Waals surface area contributed by atoms with E-state index in [0.717, 1.165) is 10.5 Å². The molecular formula is C9H10N4O2S2. The van der Waals surface area contributed by atoms with E-state index in [0.29, 0.717) is 12.1 Å². The van der Waals surface area contributed by atoms with Crippen LogP contribution in [-0.4, -0.2) is 45.1 Å². The highest BCUT2D eigenvalue weighted by atomic mass is 32.2. The molecule has 1 fully saturated rings. The van der Waals surface area contributed by atoms with Gasteiger partial charge in [0.2, 0.25) is 0 Å². The lowest BCUT2D eigenvalue weighted by atomic mass is 10.4. The van der Waals surface area contributed by atoms with Crippen molar-refractivity contribution in [2.75, 3.05) is 11.5 Å². The van der Waals surface area contributed by atoms with Gasteiger partial charge < -0.3 is 4.98 Å². The van der Waals surface area contributed by atoms with Crippen LogP contribution in [0.1, 0.15) is 6.42 Å². The summed E-state index contributed by atoms with van der Waals surface area (Å²) in [5.74, 6) is 0.513. The molecule has 0 aromatic carbocycles. The number of rotatable bonds is 2. The van der Waals surface area contributed by atoms with Crippen molar-refractivity contribution in [1.29, 1.82) is 0 Å². The Kier molecular flexibility index (Phi) is 2.55. The van der Waals surface area contributed by atoms with Crippen molar-refractivity contribution in [3.05, 3.63) is 12.7 Å². The van der Waals surface area contributed by atoms with Crippen LogP contribution in [0.5, 0.6) is 0 Å². The van der Waals surface area contributed by atoms with E-state index in [1.54, 1.807) is 6.33 Å². The molecule has 1 aliphatic heterocycles. The van der Waals surface area contributed by atoms with Gasteiger partial charge in [-0.25, -0.2) is 23.4 Å². The number of nitrogens with zero attached hydrogens (tertiary/aromatic N) is 3. The van der Waals surface area contributed by atoms with E-state index in [4.69, 9.17) is 0 Å². The zero-order valence-electron chi connectivity index (χ0n) is 8.83. The first-order chi connectivity index (χ1) is 8.14. The van der Waals surface area contributed by atoms with E-state index in [-0.39, 0.29) is 16.8 Å². The quantitative estimate of drug-likeness (QED) is 0.805. The van der Waals surface area contributed by atoms with E-state index in [1.165, 1.54) is 18.1 Å². The second kappa shape index (κ2) is 3.95. The van der Waals surface area contributed by atoms with E-state index >= 15 is 0 Å². The molecule has 0 amide bonds.